The van der Waals surface area contributed by atoms with Crippen LogP contribution in [0.2, 0.25) is 0 Å². The minimum atomic E-state index is -0.296. The number of ether oxygens (including phenoxy) is 2. The topological polar surface area (TPSA) is 68.5 Å². The van der Waals surface area contributed by atoms with Gasteiger partial charge >= 0.3 is 0 Å². The van der Waals surface area contributed by atoms with Gasteiger partial charge in [0.05, 0.1) is 23.5 Å². The van der Waals surface area contributed by atoms with Crippen LogP contribution in [0.3, 0.4) is 0 Å². The summed E-state index contributed by atoms with van der Waals surface area (Å²) in [6, 6.07) is 42.4. The highest BCUT2D eigenvalue weighted by Gasteiger charge is 2.43. The van der Waals surface area contributed by atoms with Crippen molar-refractivity contribution in [2.24, 2.45) is 0 Å². The second kappa shape index (κ2) is 12.0. The Bertz CT molecular complexity index is 2470. The van der Waals surface area contributed by atoms with Gasteiger partial charge in [0.15, 0.2) is 0 Å². The largest absolute Gasteiger partial charge is 0.440 e. The van der Waals surface area contributed by atoms with E-state index in [0.29, 0.717) is 24.3 Å². The molecule has 10 rings (SSSR count). The number of anilines is 2. The molecule has 0 aliphatic carbocycles. The van der Waals surface area contributed by atoms with Gasteiger partial charge in [0.2, 0.25) is 11.8 Å². The number of fused-ring (bicyclic) bond motifs is 4. The van der Waals surface area contributed by atoms with Crippen molar-refractivity contribution in [3.63, 3.8) is 0 Å². The zero-order valence-corrected chi connectivity index (χ0v) is 29.6. The lowest BCUT2D eigenvalue weighted by molar-refractivity contribution is 0.418. The predicted molar refractivity (Wildman–Crippen MR) is 212 cm³/mol. The molecule has 3 aliphatic heterocycles. The van der Waals surface area contributed by atoms with E-state index < -0.39 is 0 Å². The van der Waals surface area contributed by atoms with Crippen molar-refractivity contribution >= 4 is 34.5 Å². The summed E-state index contributed by atoms with van der Waals surface area (Å²) in [5, 5.41) is 4.50. The average molecular weight is 691 g/mol. The molecule has 8 nitrogen and oxygen atoms in total. The summed E-state index contributed by atoms with van der Waals surface area (Å²) in [6.45, 7) is 6.73. The smallest absolute Gasteiger partial charge is 0.265 e. The van der Waals surface area contributed by atoms with Crippen LogP contribution in [0, 0.1) is 0 Å². The first kappa shape index (κ1) is 31.2. The molecule has 256 valence electrons. The Balaban J connectivity index is 1.07. The summed E-state index contributed by atoms with van der Waals surface area (Å²) in [5.74, 6) is 3.29. The van der Waals surface area contributed by atoms with Crippen LogP contribution >= 0.6 is 0 Å². The zero-order valence-electron chi connectivity index (χ0n) is 29.6. The molecule has 0 radical (unpaired) electrons. The molecule has 0 bridgehead atoms. The van der Waals surface area contributed by atoms with Crippen LogP contribution in [-0.4, -0.2) is 33.1 Å². The maximum atomic E-state index is 6.62. The van der Waals surface area contributed by atoms with E-state index in [-0.39, 0.29) is 12.1 Å². The van der Waals surface area contributed by atoms with Crippen LogP contribution in [0.5, 0.6) is 23.3 Å². The van der Waals surface area contributed by atoms with Gasteiger partial charge in [-0.2, -0.15) is 15.1 Å². The Kier molecular flexibility index (Phi) is 7.05. The van der Waals surface area contributed by atoms with E-state index in [4.69, 9.17) is 19.4 Å². The monoisotopic (exact) mass is 690 g/mol. The number of nitrogens with zero attached hydrogens (tertiary/aromatic N) is 6. The normalized spacial score (nSPS) is 14.0. The molecular weight excluding hydrogens is 655 g/mol. The zero-order chi connectivity index (χ0) is 35.7. The molecule has 0 saturated heterocycles. The van der Waals surface area contributed by atoms with Gasteiger partial charge in [-0.1, -0.05) is 99.6 Å². The third-order valence-corrected chi connectivity index (χ3v) is 10.2. The number of hydrogen-bond acceptors (Lipinski definition) is 7. The fraction of sp³-hybridized carbons (Fsp3) is 0.114. The van der Waals surface area contributed by atoms with Crippen LogP contribution < -0.4 is 35.7 Å². The van der Waals surface area contributed by atoms with Crippen LogP contribution in [-0.2, 0) is 5.41 Å². The first-order valence-corrected chi connectivity index (χ1v) is 17.9. The van der Waals surface area contributed by atoms with Gasteiger partial charge in [-0.15, -0.1) is 0 Å². The minimum absolute atomic E-state index is 0.205. The molecular formula is C44H35BN6O2. The van der Waals surface area contributed by atoms with E-state index in [1.54, 1.807) is 6.20 Å². The van der Waals surface area contributed by atoms with Crippen LogP contribution in [0.15, 0.2) is 146 Å². The lowest BCUT2D eigenvalue weighted by Gasteiger charge is -2.33. The second-order valence-electron chi connectivity index (χ2n) is 14.7. The third-order valence-electron chi connectivity index (χ3n) is 10.2. The molecule has 53 heavy (non-hydrogen) atoms. The highest BCUT2D eigenvalue weighted by molar-refractivity contribution is 6.98. The fourth-order valence-electron chi connectivity index (χ4n) is 7.59. The van der Waals surface area contributed by atoms with E-state index >= 15 is 0 Å². The Hall–Kier alpha value is -6.61. The molecule has 0 atom stereocenters. The summed E-state index contributed by atoms with van der Waals surface area (Å²) in [5.41, 5.74) is 10.5. The van der Waals surface area contributed by atoms with Crippen molar-refractivity contribution in [3.8, 4) is 51.2 Å². The van der Waals surface area contributed by atoms with Crippen LogP contribution in [0.25, 0.3) is 27.9 Å². The lowest BCUT2D eigenvalue weighted by atomic mass is 9.35. The van der Waals surface area contributed by atoms with Gasteiger partial charge in [0.25, 0.3) is 6.71 Å². The average Bonchev–Trinajstić information content (AvgIpc) is 3.91. The number of hydrogen-bond donors (Lipinski definition) is 0. The first-order valence-electron chi connectivity index (χ1n) is 17.9. The summed E-state index contributed by atoms with van der Waals surface area (Å²) in [7, 11) is 0. The molecule has 0 saturated carbocycles. The fourth-order valence-corrected chi connectivity index (χ4v) is 7.59. The van der Waals surface area contributed by atoms with Crippen molar-refractivity contribution in [3.05, 3.63) is 152 Å². The van der Waals surface area contributed by atoms with E-state index in [1.165, 1.54) is 27.9 Å². The van der Waals surface area contributed by atoms with E-state index in [2.05, 4.69) is 151 Å². The number of para-hydroxylation sites is 1. The minimum Gasteiger partial charge on any atom is -0.440 e. The molecule has 0 fully saturated rings. The van der Waals surface area contributed by atoms with Crippen LogP contribution in [0.4, 0.5) is 11.4 Å². The maximum Gasteiger partial charge on any atom is 0.265 e. The lowest BCUT2D eigenvalue weighted by Crippen LogP contribution is -2.58. The maximum absolute atomic E-state index is 6.62. The van der Waals surface area contributed by atoms with Crippen molar-refractivity contribution in [1.82, 2.24) is 19.7 Å². The number of rotatable bonds is 5. The van der Waals surface area contributed by atoms with Gasteiger partial charge in [-0.05, 0) is 64.5 Å². The van der Waals surface area contributed by atoms with Gasteiger partial charge < -0.3 is 19.3 Å². The quantitative estimate of drug-likeness (QED) is 0.171. The third kappa shape index (κ3) is 5.27. The number of benzene rings is 5. The van der Waals surface area contributed by atoms with Crippen molar-refractivity contribution in [2.45, 2.75) is 26.2 Å². The van der Waals surface area contributed by atoms with Gasteiger partial charge in [0.1, 0.15) is 17.3 Å². The van der Waals surface area contributed by atoms with Gasteiger partial charge in [-0.25, -0.2) is 4.68 Å². The standard InChI is InChI=1S/C44H35BN6O2/c1-44(2,3)43-47-41-39-42(48-43)53-38-21-19-32(51-23-11-22-46-51)27-36(38)45(39)35-26-31(18-20-37(35)52-41)49-24-25-50(28-49)40-33(29-12-6-4-7-13-29)16-10-17-34(40)30-14-8-5-9-15-30/h4-27H,28H2,1-3H3. The Morgan fingerprint density at radius 1 is 0.623 bits per heavy atom. The predicted octanol–water partition coefficient (Wildman–Crippen LogP) is 7.78. The molecule has 5 heterocycles. The summed E-state index contributed by atoms with van der Waals surface area (Å²) in [6.07, 6.45) is 8.08. The van der Waals surface area contributed by atoms with Crippen molar-refractivity contribution in [2.75, 3.05) is 16.5 Å². The molecule has 0 spiro atoms. The molecule has 5 aromatic carbocycles. The summed E-state index contributed by atoms with van der Waals surface area (Å²) >= 11 is 0. The van der Waals surface area contributed by atoms with E-state index in [9.17, 15) is 0 Å². The summed E-state index contributed by atoms with van der Waals surface area (Å²) in [4.78, 5) is 14.6. The molecule has 9 heteroatoms. The van der Waals surface area contributed by atoms with Gasteiger partial charge in [0, 0.05) is 47.0 Å². The van der Waals surface area contributed by atoms with Gasteiger partial charge in [-0.3, -0.25) is 0 Å². The van der Waals surface area contributed by atoms with Crippen molar-refractivity contribution in [1.29, 1.82) is 0 Å². The van der Waals surface area contributed by atoms with E-state index in [1.807, 2.05) is 29.1 Å². The SMILES string of the molecule is CC(C)(C)c1nc2c3c(n1)Oc1ccc(-n4cccn4)cc1B3c1cc(N3C=CN(c4c(-c5ccccc5)cccc4-c4ccccc4)C3)ccc1O2. The second-order valence-corrected chi connectivity index (χ2v) is 14.7. The van der Waals surface area contributed by atoms with Crippen LogP contribution in [0.1, 0.15) is 26.6 Å². The van der Waals surface area contributed by atoms with Crippen molar-refractivity contribution < 1.29 is 9.47 Å². The molecule has 2 aromatic heterocycles. The highest BCUT2D eigenvalue weighted by atomic mass is 16.5. The number of aromatic nitrogens is 4. The van der Waals surface area contributed by atoms with E-state index in [0.717, 1.165) is 39.3 Å². The summed E-state index contributed by atoms with van der Waals surface area (Å²) < 4.78 is 15.0. The first-order chi connectivity index (χ1) is 25.9. The molecule has 7 aromatic rings. The Labute approximate surface area is 308 Å². The molecule has 3 aliphatic rings. The Morgan fingerprint density at radius 2 is 1.21 bits per heavy atom. The Morgan fingerprint density at radius 3 is 1.79 bits per heavy atom. The molecule has 0 amide bonds. The highest BCUT2D eigenvalue weighted by Crippen LogP contribution is 2.42. The molecule has 0 N–H and O–H groups in total. The molecule has 0 unspecified atom stereocenters.